The Morgan fingerprint density at radius 1 is 1.11 bits per heavy atom. The molecule has 0 saturated carbocycles. The minimum Gasteiger partial charge on any atom is -0.459 e. The number of carbonyl (C=O) groups excluding carboxylic acids is 2. The maximum absolute atomic E-state index is 11.2. The van der Waals surface area contributed by atoms with Crippen LogP contribution >= 0.6 is 0 Å². The third kappa shape index (κ3) is 6.17. The highest BCUT2D eigenvalue weighted by atomic mass is 16.6. The molecular weight excluding hydrogens is 252 g/mol. The van der Waals surface area contributed by atoms with Gasteiger partial charge in [0.05, 0.1) is 0 Å². The van der Waals surface area contributed by atoms with Crippen LogP contribution in [0.5, 0.6) is 0 Å². The van der Waals surface area contributed by atoms with Gasteiger partial charge in [-0.05, 0) is 20.8 Å². The number of aliphatic hydroxyl groups excluding tert-OH is 2. The Hall–Kier alpha value is -1.66. The van der Waals surface area contributed by atoms with Crippen molar-refractivity contribution in [2.75, 3.05) is 6.61 Å². The molecule has 0 bridgehead atoms. The Bertz CT molecular complexity index is 373. The average molecular weight is 272 g/mol. The molecule has 6 nitrogen and oxygen atoms in total. The number of esters is 2. The first-order valence-electron chi connectivity index (χ1n) is 5.72. The molecule has 0 aromatic heterocycles. The van der Waals surface area contributed by atoms with Gasteiger partial charge in [-0.3, -0.25) is 0 Å². The second-order valence-corrected chi connectivity index (χ2v) is 4.33. The number of rotatable bonds is 7. The Morgan fingerprint density at radius 2 is 1.58 bits per heavy atom. The molecule has 0 aliphatic heterocycles. The summed E-state index contributed by atoms with van der Waals surface area (Å²) in [5.41, 5.74) is 0.366. The van der Waals surface area contributed by atoms with Crippen LogP contribution in [0.4, 0.5) is 0 Å². The first-order chi connectivity index (χ1) is 8.66. The van der Waals surface area contributed by atoms with E-state index in [1.54, 1.807) is 0 Å². The first kappa shape index (κ1) is 17.3. The van der Waals surface area contributed by atoms with Gasteiger partial charge in [-0.2, -0.15) is 0 Å². The van der Waals surface area contributed by atoms with E-state index in [0.717, 1.165) is 0 Å². The second kappa shape index (κ2) is 7.70. The van der Waals surface area contributed by atoms with Gasteiger partial charge in [0.25, 0.3) is 0 Å². The maximum atomic E-state index is 11.2. The van der Waals surface area contributed by atoms with Crippen molar-refractivity contribution in [1.82, 2.24) is 0 Å². The summed E-state index contributed by atoms with van der Waals surface area (Å²) in [5, 5.41) is 19.3. The molecular formula is C13H20O6. The summed E-state index contributed by atoms with van der Waals surface area (Å²) in [5.74, 6) is -1.34. The Labute approximate surface area is 112 Å². The highest BCUT2D eigenvalue weighted by Gasteiger charge is 2.27. The Balaban J connectivity index is 4.28. The van der Waals surface area contributed by atoms with Crippen molar-refractivity contribution in [3.05, 3.63) is 24.3 Å². The normalized spacial score (nSPS) is 15.0. The lowest BCUT2D eigenvalue weighted by atomic mass is 10.1. The zero-order valence-corrected chi connectivity index (χ0v) is 11.4. The Morgan fingerprint density at radius 3 is 2.00 bits per heavy atom. The number of ether oxygens (including phenoxy) is 2. The van der Waals surface area contributed by atoms with Gasteiger partial charge in [0.2, 0.25) is 0 Å². The topological polar surface area (TPSA) is 93.1 Å². The van der Waals surface area contributed by atoms with E-state index in [-0.39, 0.29) is 11.1 Å². The SMILES string of the molecule is C=C(C)C(=O)OCC(O)C(O)C(C)OC(=O)C(=C)C. The van der Waals surface area contributed by atoms with Crippen molar-refractivity contribution in [1.29, 1.82) is 0 Å². The molecule has 0 saturated heterocycles. The number of hydrogen-bond acceptors (Lipinski definition) is 6. The fourth-order valence-corrected chi connectivity index (χ4v) is 1.03. The molecule has 0 rings (SSSR count). The fourth-order valence-electron chi connectivity index (χ4n) is 1.03. The van der Waals surface area contributed by atoms with E-state index in [4.69, 9.17) is 4.74 Å². The van der Waals surface area contributed by atoms with Crippen molar-refractivity contribution in [3.8, 4) is 0 Å². The molecule has 0 aromatic rings. The molecule has 2 N–H and O–H groups in total. The van der Waals surface area contributed by atoms with E-state index >= 15 is 0 Å². The van der Waals surface area contributed by atoms with Crippen molar-refractivity contribution < 1.29 is 29.3 Å². The van der Waals surface area contributed by atoms with Gasteiger partial charge < -0.3 is 19.7 Å². The van der Waals surface area contributed by atoms with Crippen molar-refractivity contribution in [3.63, 3.8) is 0 Å². The largest absolute Gasteiger partial charge is 0.459 e. The number of aliphatic hydroxyl groups is 2. The van der Waals surface area contributed by atoms with Gasteiger partial charge in [-0.1, -0.05) is 13.2 Å². The molecule has 6 heteroatoms. The second-order valence-electron chi connectivity index (χ2n) is 4.33. The molecule has 0 amide bonds. The van der Waals surface area contributed by atoms with Crippen LogP contribution in [0.3, 0.4) is 0 Å². The van der Waals surface area contributed by atoms with Gasteiger partial charge in [0.1, 0.15) is 24.9 Å². The van der Waals surface area contributed by atoms with Gasteiger partial charge in [-0.15, -0.1) is 0 Å². The molecule has 0 spiro atoms. The third-order valence-electron chi connectivity index (χ3n) is 2.25. The molecule has 0 fully saturated rings. The van der Waals surface area contributed by atoms with Gasteiger partial charge in [0.15, 0.2) is 0 Å². The molecule has 108 valence electrons. The molecule has 0 aromatic carbocycles. The minimum atomic E-state index is -1.37. The fraction of sp³-hybridized carbons (Fsp3) is 0.538. The summed E-state index contributed by atoms with van der Waals surface area (Å²) in [7, 11) is 0. The monoisotopic (exact) mass is 272 g/mol. The third-order valence-corrected chi connectivity index (χ3v) is 2.25. The van der Waals surface area contributed by atoms with Gasteiger partial charge in [-0.25, -0.2) is 9.59 Å². The zero-order valence-electron chi connectivity index (χ0n) is 11.4. The van der Waals surface area contributed by atoms with Crippen LogP contribution < -0.4 is 0 Å². The quantitative estimate of drug-likeness (QED) is 0.512. The van der Waals surface area contributed by atoms with Crippen LogP contribution in [0, 0.1) is 0 Å². The van der Waals surface area contributed by atoms with Crippen LogP contribution in [0.25, 0.3) is 0 Å². The molecule has 19 heavy (non-hydrogen) atoms. The van der Waals surface area contributed by atoms with Crippen LogP contribution in [-0.4, -0.2) is 47.1 Å². The highest BCUT2D eigenvalue weighted by molar-refractivity contribution is 5.87. The molecule has 3 unspecified atom stereocenters. The number of hydrogen-bond donors (Lipinski definition) is 2. The van der Waals surface area contributed by atoms with E-state index in [9.17, 15) is 19.8 Å². The van der Waals surface area contributed by atoms with Crippen molar-refractivity contribution >= 4 is 11.9 Å². The molecule has 3 atom stereocenters. The smallest absolute Gasteiger partial charge is 0.333 e. The van der Waals surface area contributed by atoms with Gasteiger partial charge >= 0.3 is 11.9 Å². The molecule has 0 radical (unpaired) electrons. The van der Waals surface area contributed by atoms with E-state index < -0.39 is 36.9 Å². The standard InChI is InChI=1S/C13H20O6/c1-7(2)12(16)18-6-10(14)11(15)9(5)19-13(17)8(3)4/h9-11,14-15H,1,3,6H2,2,4-5H3. The lowest BCUT2D eigenvalue weighted by Gasteiger charge is -2.23. The lowest BCUT2D eigenvalue weighted by molar-refractivity contribution is -0.159. The maximum Gasteiger partial charge on any atom is 0.333 e. The summed E-state index contributed by atoms with van der Waals surface area (Å²) >= 11 is 0. The predicted octanol–water partition coefficient (Wildman–Crippen LogP) is 0.335. The summed E-state index contributed by atoms with van der Waals surface area (Å²) in [6, 6.07) is 0. The molecule has 0 aliphatic rings. The van der Waals surface area contributed by atoms with Crippen molar-refractivity contribution in [2.24, 2.45) is 0 Å². The molecule has 0 heterocycles. The highest BCUT2D eigenvalue weighted by Crippen LogP contribution is 2.08. The first-order valence-corrected chi connectivity index (χ1v) is 5.72. The summed E-state index contributed by atoms with van der Waals surface area (Å²) in [4.78, 5) is 22.3. The summed E-state index contributed by atoms with van der Waals surface area (Å²) < 4.78 is 9.52. The van der Waals surface area contributed by atoms with Crippen LogP contribution in [0.1, 0.15) is 20.8 Å². The Kier molecular flexibility index (Phi) is 7.03. The van der Waals surface area contributed by atoms with E-state index in [1.807, 2.05) is 0 Å². The minimum absolute atomic E-state index is 0.183. The van der Waals surface area contributed by atoms with Crippen LogP contribution in [0.2, 0.25) is 0 Å². The summed E-state index contributed by atoms with van der Waals surface area (Å²) in [6.07, 6.45) is -3.69. The van der Waals surface area contributed by atoms with Crippen LogP contribution in [-0.2, 0) is 19.1 Å². The van der Waals surface area contributed by atoms with E-state index in [1.165, 1.54) is 20.8 Å². The summed E-state index contributed by atoms with van der Waals surface area (Å²) in [6.45, 7) is 10.7. The zero-order chi connectivity index (χ0) is 15.2. The van der Waals surface area contributed by atoms with E-state index in [0.29, 0.717) is 0 Å². The molecule has 0 aliphatic carbocycles. The number of carbonyl (C=O) groups is 2. The van der Waals surface area contributed by atoms with Gasteiger partial charge in [0, 0.05) is 11.1 Å². The van der Waals surface area contributed by atoms with Crippen molar-refractivity contribution in [2.45, 2.75) is 39.1 Å². The predicted molar refractivity (Wildman–Crippen MR) is 68.2 cm³/mol. The van der Waals surface area contributed by atoms with Crippen LogP contribution in [0.15, 0.2) is 24.3 Å². The van der Waals surface area contributed by atoms with E-state index in [2.05, 4.69) is 17.9 Å². The lowest BCUT2D eigenvalue weighted by Crippen LogP contribution is -2.41. The average Bonchev–Trinajstić information content (AvgIpc) is 2.33.